The van der Waals surface area contributed by atoms with Gasteiger partial charge in [-0.2, -0.15) is 0 Å². The van der Waals surface area contributed by atoms with Crippen LogP contribution in [0.5, 0.6) is 17.2 Å². The van der Waals surface area contributed by atoms with Crippen molar-refractivity contribution in [1.29, 1.82) is 0 Å². The number of fused-ring (bicyclic) bond motifs is 1. The number of likely N-dealkylation sites (N-methyl/N-ethyl adjacent to an activating group) is 1. The van der Waals surface area contributed by atoms with Crippen molar-refractivity contribution >= 4 is 18.2 Å². The van der Waals surface area contributed by atoms with Gasteiger partial charge in [0.05, 0.1) is 18.7 Å². The van der Waals surface area contributed by atoms with Crippen molar-refractivity contribution in [3.63, 3.8) is 0 Å². The van der Waals surface area contributed by atoms with Crippen LogP contribution in [0.4, 0.5) is 0 Å². The van der Waals surface area contributed by atoms with Gasteiger partial charge in [0.2, 0.25) is 6.79 Å². The van der Waals surface area contributed by atoms with Crippen molar-refractivity contribution in [1.82, 2.24) is 4.90 Å². The Bertz CT molecular complexity index is 532. The lowest BCUT2D eigenvalue weighted by Crippen LogP contribution is -2.41. The zero-order valence-corrected chi connectivity index (χ0v) is 15.1. The van der Waals surface area contributed by atoms with E-state index < -0.39 is 0 Å². The van der Waals surface area contributed by atoms with Crippen LogP contribution in [0.3, 0.4) is 0 Å². The molecule has 1 heterocycles. The highest BCUT2D eigenvalue weighted by Crippen LogP contribution is 2.38. The van der Waals surface area contributed by atoms with E-state index in [0.717, 1.165) is 25.9 Å². The molecule has 2 rings (SSSR count). The van der Waals surface area contributed by atoms with Gasteiger partial charge in [-0.05, 0) is 25.6 Å². The van der Waals surface area contributed by atoms with Crippen molar-refractivity contribution in [2.24, 2.45) is 0 Å². The number of rotatable bonds is 8. The second-order valence-corrected chi connectivity index (χ2v) is 5.30. The number of methoxy groups -OCH3 is 1. The Morgan fingerprint density at radius 1 is 1.22 bits per heavy atom. The van der Waals surface area contributed by atoms with E-state index in [0.29, 0.717) is 22.8 Å². The van der Waals surface area contributed by atoms with E-state index in [1.54, 1.807) is 19.2 Å². The van der Waals surface area contributed by atoms with Crippen molar-refractivity contribution in [3.05, 3.63) is 17.7 Å². The summed E-state index contributed by atoms with van der Waals surface area (Å²) in [5, 5.41) is 0. The van der Waals surface area contributed by atoms with Crippen LogP contribution < -0.4 is 14.2 Å². The molecule has 0 saturated carbocycles. The number of ether oxygens (including phenoxy) is 3. The monoisotopic (exact) mass is 343 g/mol. The predicted octanol–water partition coefficient (Wildman–Crippen LogP) is 3.54. The summed E-state index contributed by atoms with van der Waals surface area (Å²) in [6, 6.07) is 3.35. The molecule has 1 aromatic carbocycles. The molecule has 0 radical (unpaired) electrons. The summed E-state index contributed by atoms with van der Waals surface area (Å²) < 4.78 is 16.1. The fourth-order valence-corrected chi connectivity index (χ4v) is 2.88. The van der Waals surface area contributed by atoms with Gasteiger partial charge in [0.25, 0.3) is 0 Å². The Morgan fingerprint density at radius 2 is 1.83 bits per heavy atom. The lowest BCUT2D eigenvalue weighted by molar-refractivity contribution is 0.0815. The second-order valence-electron chi connectivity index (χ2n) is 5.30. The third-order valence-corrected chi connectivity index (χ3v) is 4.08. The highest BCUT2D eigenvalue weighted by atomic mass is 35.5. The SMILES string of the molecule is CCCC(C(=O)c1cc2c(cc1OC)OCO2)N(CC)CC.Cl. The summed E-state index contributed by atoms with van der Waals surface area (Å²) in [4.78, 5) is 15.2. The van der Waals surface area contributed by atoms with Crippen LogP contribution in [0.25, 0.3) is 0 Å². The van der Waals surface area contributed by atoms with Gasteiger partial charge in [-0.1, -0.05) is 27.2 Å². The summed E-state index contributed by atoms with van der Waals surface area (Å²) in [6.07, 6.45) is 1.79. The zero-order valence-electron chi connectivity index (χ0n) is 14.3. The Labute approximate surface area is 144 Å². The number of hydrogen-bond acceptors (Lipinski definition) is 5. The Hall–Kier alpha value is -1.46. The van der Waals surface area contributed by atoms with Gasteiger partial charge in [0.15, 0.2) is 17.3 Å². The Kier molecular flexibility index (Phi) is 7.65. The standard InChI is InChI=1S/C17H25NO4.ClH/c1-5-8-13(18(6-2)7-3)17(19)12-9-15-16(22-11-21-15)10-14(12)20-4;/h9-10,13H,5-8,11H2,1-4H3;1H. The van der Waals surface area contributed by atoms with Gasteiger partial charge >= 0.3 is 0 Å². The van der Waals surface area contributed by atoms with Crippen LogP contribution in [0.1, 0.15) is 44.0 Å². The van der Waals surface area contributed by atoms with Crippen molar-refractivity contribution in [2.75, 3.05) is 27.0 Å². The fourth-order valence-electron chi connectivity index (χ4n) is 2.88. The van der Waals surface area contributed by atoms with Crippen LogP contribution >= 0.6 is 12.4 Å². The maximum absolute atomic E-state index is 13.1. The number of hydrogen-bond donors (Lipinski definition) is 0. The molecule has 5 nitrogen and oxygen atoms in total. The Balaban J connectivity index is 0.00000264. The average Bonchev–Trinajstić information content (AvgIpc) is 3.00. The van der Waals surface area contributed by atoms with Gasteiger partial charge in [-0.3, -0.25) is 9.69 Å². The lowest BCUT2D eigenvalue weighted by atomic mass is 9.97. The molecular formula is C17H26ClNO4. The number of nitrogens with zero attached hydrogens (tertiary/aromatic N) is 1. The van der Waals surface area contributed by atoms with Gasteiger partial charge in [-0.25, -0.2) is 0 Å². The predicted molar refractivity (Wildman–Crippen MR) is 92.3 cm³/mol. The second kappa shape index (κ2) is 8.99. The van der Waals surface area contributed by atoms with Crippen LogP contribution in [-0.2, 0) is 0 Å². The van der Waals surface area contributed by atoms with Gasteiger partial charge in [0, 0.05) is 6.07 Å². The topological polar surface area (TPSA) is 48.0 Å². The molecule has 0 saturated heterocycles. The number of benzene rings is 1. The first-order valence-corrected chi connectivity index (χ1v) is 7.92. The highest BCUT2D eigenvalue weighted by Gasteiger charge is 2.29. The van der Waals surface area contributed by atoms with Gasteiger partial charge in [0.1, 0.15) is 5.75 Å². The zero-order chi connectivity index (χ0) is 16.1. The van der Waals surface area contributed by atoms with Gasteiger partial charge in [-0.15, -0.1) is 12.4 Å². The number of halogens is 1. The van der Waals surface area contributed by atoms with E-state index in [9.17, 15) is 4.79 Å². The van der Waals surface area contributed by atoms with E-state index in [4.69, 9.17) is 14.2 Å². The smallest absolute Gasteiger partial charge is 0.231 e. The number of Topliss-reactive ketones (excluding diaryl/α,β-unsaturated/α-hetero) is 1. The molecule has 1 atom stereocenters. The van der Waals surface area contributed by atoms with Gasteiger partial charge < -0.3 is 14.2 Å². The molecule has 6 heteroatoms. The summed E-state index contributed by atoms with van der Waals surface area (Å²) in [5.74, 6) is 1.87. The van der Waals surface area contributed by atoms with Crippen LogP contribution in [-0.4, -0.2) is 43.7 Å². The first kappa shape index (κ1) is 19.6. The molecular weight excluding hydrogens is 318 g/mol. The largest absolute Gasteiger partial charge is 0.496 e. The van der Waals surface area contributed by atoms with E-state index in [1.165, 1.54) is 0 Å². The summed E-state index contributed by atoms with van der Waals surface area (Å²) >= 11 is 0. The molecule has 0 aliphatic carbocycles. The molecule has 1 aliphatic rings. The molecule has 23 heavy (non-hydrogen) atoms. The maximum atomic E-state index is 13.1. The minimum absolute atomic E-state index is 0. The average molecular weight is 344 g/mol. The Morgan fingerprint density at radius 3 is 2.35 bits per heavy atom. The van der Waals surface area contributed by atoms with Crippen LogP contribution in [0.2, 0.25) is 0 Å². The van der Waals surface area contributed by atoms with E-state index in [-0.39, 0.29) is 31.0 Å². The molecule has 1 unspecified atom stereocenters. The molecule has 0 fully saturated rings. The fraction of sp³-hybridized carbons (Fsp3) is 0.588. The van der Waals surface area contributed by atoms with Crippen LogP contribution in [0, 0.1) is 0 Å². The first-order valence-electron chi connectivity index (χ1n) is 7.92. The van der Waals surface area contributed by atoms with E-state index in [1.807, 2.05) is 0 Å². The minimum atomic E-state index is -0.130. The normalized spacial score (nSPS) is 13.6. The van der Waals surface area contributed by atoms with Crippen molar-refractivity contribution in [3.8, 4) is 17.2 Å². The minimum Gasteiger partial charge on any atom is -0.496 e. The molecule has 0 bridgehead atoms. The lowest BCUT2D eigenvalue weighted by Gasteiger charge is -2.28. The third kappa shape index (κ3) is 4.09. The quantitative estimate of drug-likeness (QED) is 0.676. The van der Waals surface area contributed by atoms with Crippen LogP contribution in [0.15, 0.2) is 12.1 Å². The maximum Gasteiger partial charge on any atom is 0.231 e. The highest BCUT2D eigenvalue weighted by molar-refractivity contribution is 6.03. The number of carbonyl (C=O) groups excluding carboxylic acids is 1. The molecule has 0 N–H and O–H groups in total. The van der Waals surface area contributed by atoms with Crippen molar-refractivity contribution < 1.29 is 19.0 Å². The molecule has 130 valence electrons. The summed E-state index contributed by atoms with van der Waals surface area (Å²) in [6.45, 7) is 8.14. The molecule has 0 aromatic heterocycles. The molecule has 0 amide bonds. The van der Waals surface area contributed by atoms with E-state index in [2.05, 4.69) is 25.7 Å². The molecule has 0 spiro atoms. The molecule has 1 aromatic rings. The van der Waals surface area contributed by atoms with E-state index >= 15 is 0 Å². The third-order valence-electron chi connectivity index (χ3n) is 4.08. The summed E-state index contributed by atoms with van der Waals surface area (Å²) in [5.41, 5.74) is 0.567. The van der Waals surface area contributed by atoms with Crippen molar-refractivity contribution in [2.45, 2.75) is 39.7 Å². The summed E-state index contributed by atoms with van der Waals surface area (Å²) in [7, 11) is 1.57. The number of carbonyl (C=O) groups is 1. The first-order chi connectivity index (χ1) is 10.7. The molecule has 1 aliphatic heterocycles. The number of ketones is 1.